The lowest BCUT2D eigenvalue weighted by Crippen LogP contribution is -2.32. The van der Waals surface area contributed by atoms with Crippen LogP contribution in [0.1, 0.15) is 5.56 Å². The Morgan fingerprint density at radius 1 is 1.50 bits per heavy atom. The number of hydrogen-bond acceptors (Lipinski definition) is 4. The van der Waals surface area contributed by atoms with Gasteiger partial charge in [0.05, 0.1) is 5.52 Å². The number of carbonyl (C=O) groups is 1. The SMILES string of the molecule is N[C@@H](Cc1ccc2cncnc2c1)C(=O)O. The summed E-state index contributed by atoms with van der Waals surface area (Å²) in [5.74, 6) is -0.997. The summed E-state index contributed by atoms with van der Waals surface area (Å²) in [4.78, 5) is 18.6. The number of aromatic nitrogens is 2. The van der Waals surface area contributed by atoms with E-state index in [4.69, 9.17) is 10.8 Å². The van der Waals surface area contributed by atoms with Crippen LogP contribution in [0.5, 0.6) is 0 Å². The maximum Gasteiger partial charge on any atom is 0.320 e. The lowest BCUT2D eigenvalue weighted by atomic mass is 10.1. The van der Waals surface area contributed by atoms with Crippen molar-refractivity contribution in [1.29, 1.82) is 0 Å². The number of benzene rings is 1. The van der Waals surface area contributed by atoms with Crippen LogP contribution in [0.25, 0.3) is 10.9 Å². The number of hydrogen-bond donors (Lipinski definition) is 2. The van der Waals surface area contributed by atoms with E-state index < -0.39 is 12.0 Å². The van der Waals surface area contributed by atoms with Crippen molar-refractivity contribution in [1.82, 2.24) is 9.97 Å². The standard InChI is InChI=1S/C11H11N3O2/c12-9(11(15)16)3-7-1-2-8-5-13-6-14-10(8)4-7/h1-2,4-6,9H,3,12H2,(H,15,16)/t9-/m0/s1. The van der Waals surface area contributed by atoms with Crippen LogP contribution < -0.4 is 5.73 Å². The van der Waals surface area contributed by atoms with Crippen molar-refractivity contribution in [3.8, 4) is 0 Å². The molecule has 0 bridgehead atoms. The molecule has 2 aromatic rings. The van der Waals surface area contributed by atoms with Crippen molar-refractivity contribution in [2.24, 2.45) is 5.73 Å². The summed E-state index contributed by atoms with van der Waals surface area (Å²) in [6.07, 6.45) is 3.47. The molecule has 0 saturated heterocycles. The van der Waals surface area contributed by atoms with E-state index in [-0.39, 0.29) is 0 Å². The molecule has 16 heavy (non-hydrogen) atoms. The van der Waals surface area contributed by atoms with Gasteiger partial charge in [-0.15, -0.1) is 0 Å². The van der Waals surface area contributed by atoms with Gasteiger partial charge in [0.15, 0.2) is 0 Å². The molecule has 1 aromatic heterocycles. The largest absolute Gasteiger partial charge is 0.480 e. The molecule has 0 aliphatic carbocycles. The summed E-state index contributed by atoms with van der Waals surface area (Å²) in [5.41, 5.74) is 7.12. The quantitative estimate of drug-likeness (QED) is 0.785. The monoisotopic (exact) mass is 217 g/mol. The highest BCUT2D eigenvalue weighted by Crippen LogP contribution is 2.13. The van der Waals surface area contributed by atoms with Gasteiger partial charge < -0.3 is 10.8 Å². The molecule has 1 aromatic carbocycles. The number of carboxylic acids is 1. The summed E-state index contributed by atoms with van der Waals surface area (Å²) >= 11 is 0. The molecule has 0 spiro atoms. The number of nitrogens with two attached hydrogens (primary N) is 1. The van der Waals surface area contributed by atoms with E-state index in [1.54, 1.807) is 6.20 Å². The van der Waals surface area contributed by atoms with Gasteiger partial charge in [0, 0.05) is 11.6 Å². The van der Waals surface area contributed by atoms with E-state index >= 15 is 0 Å². The van der Waals surface area contributed by atoms with E-state index in [1.807, 2.05) is 18.2 Å². The van der Waals surface area contributed by atoms with E-state index in [9.17, 15) is 4.79 Å². The summed E-state index contributed by atoms with van der Waals surface area (Å²) in [6, 6.07) is 4.66. The highest BCUT2D eigenvalue weighted by atomic mass is 16.4. The van der Waals surface area contributed by atoms with Gasteiger partial charge in [-0.3, -0.25) is 4.79 Å². The minimum absolute atomic E-state index is 0.301. The van der Waals surface area contributed by atoms with E-state index in [1.165, 1.54) is 6.33 Å². The highest BCUT2D eigenvalue weighted by Gasteiger charge is 2.12. The predicted molar refractivity (Wildman–Crippen MR) is 58.9 cm³/mol. The molecule has 1 atom stereocenters. The Kier molecular flexibility index (Phi) is 2.78. The number of fused-ring (bicyclic) bond motifs is 1. The van der Waals surface area contributed by atoms with Gasteiger partial charge in [-0.2, -0.15) is 0 Å². The first kappa shape index (κ1) is 10.5. The molecule has 0 saturated carbocycles. The Hall–Kier alpha value is -2.01. The van der Waals surface area contributed by atoms with E-state index in [0.29, 0.717) is 6.42 Å². The molecule has 2 rings (SSSR count). The van der Waals surface area contributed by atoms with Crippen LogP contribution in [-0.4, -0.2) is 27.1 Å². The van der Waals surface area contributed by atoms with E-state index in [0.717, 1.165) is 16.5 Å². The third-order valence-electron chi connectivity index (χ3n) is 2.34. The van der Waals surface area contributed by atoms with Gasteiger partial charge in [-0.05, 0) is 18.1 Å². The Morgan fingerprint density at radius 3 is 3.06 bits per heavy atom. The third kappa shape index (κ3) is 2.14. The van der Waals surface area contributed by atoms with Crippen LogP contribution in [0.15, 0.2) is 30.7 Å². The maximum atomic E-state index is 10.6. The molecule has 5 nitrogen and oxygen atoms in total. The number of carboxylic acid groups (broad SMARTS) is 1. The summed E-state index contributed by atoms with van der Waals surface area (Å²) < 4.78 is 0. The number of aliphatic carboxylic acids is 1. The van der Waals surface area contributed by atoms with Crippen LogP contribution in [0.2, 0.25) is 0 Å². The second-order valence-electron chi connectivity index (χ2n) is 3.56. The third-order valence-corrected chi connectivity index (χ3v) is 2.34. The molecule has 0 aliphatic heterocycles. The molecule has 1 heterocycles. The normalized spacial score (nSPS) is 12.6. The number of nitrogens with zero attached hydrogens (tertiary/aromatic N) is 2. The molecule has 0 unspecified atom stereocenters. The average molecular weight is 217 g/mol. The minimum Gasteiger partial charge on any atom is -0.480 e. The first-order valence-corrected chi connectivity index (χ1v) is 4.84. The number of rotatable bonds is 3. The fourth-order valence-electron chi connectivity index (χ4n) is 1.49. The smallest absolute Gasteiger partial charge is 0.320 e. The minimum atomic E-state index is -0.997. The molecule has 0 radical (unpaired) electrons. The van der Waals surface area contributed by atoms with Crippen LogP contribution in [0, 0.1) is 0 Å². The molecule has 0 aliphatic rings. The summed E-state index contributed by atoms with van der Waals surface area (Å²) in [5, 5.41) is 9.63. The van der Waals surface area contributed by atoms with Crippen LogP contribution >= 0.6 is 0 Å². The lowest BCUT2D eigenvalue weighted by molar-refractivity contribution is -0.138. The average Bonchev–Trinajstić information content (AvgIpc) is 2.28. The molecular formula is C11H11N3O2. The maximum absolute atomic E-state index is 10.6. The predicted octanol–water partition coefficient (Wildman–Crippen LogP) is 0.584. The zero-order valence-corrected chi connectivity index (χ0v) is 8.50. The van der Waals surface area contributed by atoms with Crippen molar-refractivity contribution in [3.05, 3.63) is 36.3 Å². The van der Waals surface area contributed by atoms with E-state index in [2.05, 4.69) is 9.97 Å². The van der Waals surface area contributed by atoms with Crippen molar-refractivity contribution >= 4 is 16.9 Å². The molecule has 5 heteroatoms. The topological polar surface area (TPSA) is 89.1 Å². The van der Waals surface area contributed by atoms with Crippen LogP contribution in [-0.2, 0) is 11.2 Å². The first-order chi connectivity index (χ1) is 7.66. The zero-order chi connectivity index (χ0) is 11.5. The van der Waals surface area contributed by atoms with Crippen molar-refractivity contribution in [3.63, 3.8) is 0 Å². The lowest BCUT2D eigenvalue weighted by Gasteiger charge is -2.06. The van der Waals surface area contributed by atoms with Gasteiger partial charge >= 0.3 is 5.97 Å². The molecule has 82 valence electrons. The Morgan fingerprint density at radius 2 is 2.31 bits per heavy atom. The Balaban J connectivity index is 2.29. The zero-order valence-electron chi connectivity index (χ0n) is 8.50. The van der Waals surface area contributed by atoms with Crippen molar-refractivity contribution in [2.75, 3.05) is 0 Å². The van der Waals surface area contributed by atoms with Crippen molar-refractivity contribution < 1.29 is 9.90 Å². The van der Waals surface area contributed by atoms with Gasteiger partial charge in [-0.25, -0.2) is 9.97 Å². The second kappa shape index (κ2) is 4.24. The fourth-order valence-corrected chi connectivity index (χ4v) is 1.49. The van der Waals surface area contributed by atoms with Gasteiger partial charge in [0.2, 0.25) is 0 Å². The second-order valence-corrected chi connectivity index (χ2v) is 3.56. The Bertz CT molecular complexity index is 527. The molecule has 0 fully saturated rings. The van der Waals surface area contributed by atoms with Gasteiger partial charge in [-0.1, -0.05) is 12.1 Å². The fraction of sp³-hybridized carbons (Fsp3) is 0.182. The molecular weight excluding hydrogens is 206 g/mol. The molecule has 3 N–H and O–H groups in total. The van der Waals surface area contributed by atoms with Gasteiger partial charge in [0.25, 0.3) is 0 Å². The highest BCUT2D eigenvalue weighted by molar-refractivity contribution is 5.78. The molecule has 0 amide bonds. The Labute approximate surface area is 91.9 Å². The van der Waals surface area contributed by atoms with Crippen molar-refractivity contribution in [2.45, 2.75) is 12.5 Å². The summed E-state index contributed by atoms with van der Waals surface area (Å²) in [6.45, 7) is 0. The van der Waals surface area contributed by atoms with Crippen LogP contribution in [0.4, 0.5) is 0 Å². The van der Waals surface area contributed by atoms with Crippen LogP contribution in [0.3, 0.4) is 0 Å². The van der Waals surface area contributed by atoms with Gasteiger partial charge in [0.1, 0.15) is 12.4 Å². The first-order valence-electron chi connectivity index (χ1n) is 4.84. The summed E-state index contributed by atoms with van der Waals surface area (Å²) in [7, 11) is 0.